The number of aromatic amines is 1. The molecular formula is C20H22N4O2S. The molecule has 0 radical (unpaired) electrons. The van der Waals surface area contributed by atoms with Crippen molar-refractivity contribution in [2.75, 3.05) is 5.75 Å². The molecular weight excluding hydrogens is 360 g/mol. The van der Waals surface area contributed by atoms with E-state index < -0.39 is 0 Å². The first-order valence-corrected chi connectivity index (χ1v) is 10.2. The van der Waals surface area contributed by atoms with Crippen LogP contribution in [0.15, 0.2) is 46.3 Å². The number of carbonyl (C=O) groups is 1. The van der Waals surface area contributed by atoms with Crippen LogP contribution in [-0.2, 0) is 4.79 Å². The van der Waals surface area contributed by atoms with E-state index in [4.69, 9.17) is 0 Å². The number of hydrogen-bond acceptors (Lipinski definition) is 4. The molecule has 0 aliphatic heterocycles. The van der Waals surface area contributed by atoms with Crippen LogP contribution >= 0.6 is 11.8 Å². The molecule has 1 fully saturated rings. The Bertz CT molecular complexity index is 1020. The minimum atomic E-state index is -0.155. The Kier molecular flexibility index (Phi) is 5.03. The monoisotopic (exact) mass is 382 g/mol. The molecule has 0 atom stereocenters. The van der Waals surface area contributed by atoms with Crippen molar-refractivity contribution >= 4 is 28.7 Å². The second-order valence-electron chi connectivity index (χ2n) is 6.92. The summed E-state index contributed by atoms with van der Waals surface area (Å²) in [5.74, 6) is 0.233. The molecule has 3 aromatic rings. The van der Waals surface area contributed by atoms with Gasteiger partial charge in [-0.2, -0.15) is 0 Å². The van der Waals surface area contributed by atoms with Crippen LogP contribution in [0, 0.1) is 6.92 Å². The van der Waals surface area contributed by atoms with Crippen LogP contribution in [-0.4, -0.2) is 32.2 Å². The van der Waals surface area contributed by atoms with Crippen molar-refractivity contribution < 1.29 is 4.79 Å². The summed E-state index contributed by atoms with van der Waals surface area (Å²) in [7, 11) is 0. The van der Waals surface area contributed by atoms with Gasteiger partial charge >= 0.3 is 0 Å². The van der Waals surface area contributed by atoms with Crippen molar-refractivity contribution in [3.63, 3.8) is 0 Å². The highest BCUT2D eigenvalue weighted by Crippen LogP contribution is 2.22. The summed E-state index contributed by atoms with van der Waals surface area (Å²) in [6.45, 7) is 1.90. The number of aromatic nitrogens is 3. The number of carbonyl (C=O) groups excluding carboxylic acids is 1. The molecule has 0 saturated heterocycles. The quantitative estimate of drug-likeness (QED) is 0.525. The average Bonchev–Trinajstić information content (AvgIpc) is 3.30. The third-order valence-corrected chi connectivity index (χ3v) is 5.76. The van der Waals surface area contributed by atoms with Gasteiger partial charge in [-0.05, 0) is 38.0 Å². The molecule has 2 heterocycles. The summed E-state index contributed by atoms with van der Waals surface area (Å²) < 4.78 is 1.58. The highest BCUT2D eigenvalue weighted by atomic mass is 32.2. The van der Waals surface area contributed by atoms with Gasteiger partial charge in [0.15, 0.2) is 5.16 Å². The van der Waals surface area contributed by atoms with Gasteiger partial charge in [0.25, 0.3) is 5.56 Å². The number of aryl methyl sites for hydroxylation is 1. The van der Waals surface area contributed by atoms with Crippen LogP contribution < -0.4 is 10.9 Å². The van der Waals surface area contributed by atoms with E-state index in [9.17, 15) is 9.59 Å². The Labute approximate surface area is 161 Å². The normalized spacial score (nSPS) is 14.7. The van der Waals surface area contributed by atoms with Gasteiger partial charge in [0.2, 0.25) is 5.91 Å². The van der Waals surface area contributed by atoms with E-state index in [1.807, 2.05) is 43.3 Å². The molecule has 1 aliphatic rings. The third kappa shape index (κ3) is 3.78. The molecule has 0 bridgehead atoms. The van der Waals surface area contributed by atoms with Crippen molar-refractivity contribution in [1.82, 2.24) is 19.9 Å². The van der Waals surface area contributed by atoms with E-state index in [1.54, 1.807) is 4.57 Å². The standard InChI is InChI=1S/C20H22N4O2S/c1-13-11-16-18(21-13)19(26)24(15-9-3-2-4-10-15)20(23-16)27-12-17(25)22-14-7-5-6-8-14/h2-4,9-11,14,21H,5-8,12H2,1H3,(H,22,25). The van der Waals surface area contributed by atoms with Gasteiger partial charge in [0.1, 0.15) is 5.52 Å². The number of fused-ring (bicyclic) bond motifs is 1. The largest absolute Gasteiger partial charge is 0.353 e. The summed E-state index contributed by atoms with van der Waals surface area (Å²) in [6, 6.07) is 11.5. The van der Waals surface area contributed by atoms with Gasteiger partial charge in [-0.3, -0.25) is 14.2 Å². The molecule has 1 amide bonds. The number of benzene rings is 1. The number of amides is 1. The van der Waals surface area contributed by atoms with E-state index >= 15 is 0 Å². The molecule has 1 aliphatic carbocycles. The Morgan fingerprint density at radius 2 is 2.04 bits per heavy atom. The van der Waals surface area contributed by atoms with Gasteiger partial charge in [0.05, 0.1) is 17.0 Å². The Morgan fingerprint density at radius 1 is 1.30 bits per heavy atom. The predicted octanol–water partition coefficient (Wildman–Crippen LogP) is 3.17. The van der Waals surface area contributed by atoms with Crippen molar-refractivity contribution in [1.29, 1.82) is 0 Å². The maximum Gasteiger partial charge on any atom is 0.283 e. The van der Waals surface area contributed by atoms with Gasteiger partial charge in [0, 0.05) is 11.7 Å². The number of H-pyrrole nitrogens is 1. The van der Waals surface area contributed by atoms with Crippen LogP contribution in [0.5, 0.6) is 0 Å². The number of nitrogens with zero attached hydrogens (tertiary/aromatic N) is 2. The predicted molar refractivity (Wildman–Crippen MR) is 108 cm³/mol. The van der Waals surface area contributed by atoms with Gasteiger partial charge in [-0.1, -0.05) is 42.8 Å². The zero-order chi connectivity index (χ0) is 18.8. The minimum Gasteiger partial charge on any atom is -0.353 e. The first-order chi connectivity index (χ1) is 13.1. The topological polar surface area (TPSA) is 79.8 Å². The summed E-state index contributed by atoms with van der Waals surface area (Å²) in [4.78, 5) is 33.1. The van der Waals surface area contributed by atoms with Crippen molar-refractivity contribution in [3.8, 4) is 5.69 Å². The molecule has 4 rings (SSSR count). The number of para-hydroxylation sites is 1. The average molecular weight is 382 g/mol. The first-order valence-electron chi connectivity index (χ1n) is 9.22. The Morgan fingerprint density at radius 3 is 2.78 bits per heavy atom. The van der Waals surface area contributed by atoms with E-state index in [1.165, 1.54) is 24.6 Å². The molecule has 2 aromatic heterocycles. The summed E-state index contributed by atoms with van der Waals surface area (Å²) >= 11 is 1.30. The Balaban J connectivity index is 1.66. The number of thioether (sulfide) groups is 1. The van der Waals surface area contributed by atoms with Crippen LogP contribution in [0.25, 0.3) is 16.7 Å². The van der Waals surface area contributed by atoms with Crippen molar-refractivity contribution in [3.05, 3.63) is 52.4 Å². The number of rotatable bonds is 5. The summed E-state index contributed by atoms with van der Waals surface area (Å²) in [5, 5.41) is 3.61. The van der Waals surface area contributed by atoms with Crippen LogP contribution in [0.2, 0.25) is 0 Å². The number of hydrogen-bond donors (Lipinski definition) is 2. The van der Waals surface area contributed by atoms with E-state index in [0.29, 0.717) is 16.2 Å². The second kappa shape index (κ2) is 7.60. The molecule has 6 nitrogen and oxygen atoms in total. The van der Waals surface area contributed by atoms with Crippen LogP contribution in [0.1, 0.15) is 31.4 Å². The molecule has 0 unspecified atom stereocenters. The molecule has 1 aromatic carbocycles. The highest BCUT2D eigenvalue weighted by molar-refractivity contribution is 7.99. The fourth-order valence-electron chi connectivity index (χ4n) is 3.55. The fourth-order valence-corrected chi connectivity index (χ4v) is 4.37. The van der Waals surface area contributed by atoms with E-state index in [-0.39, 0.29) is 23.3 Å². The lowest BCUT2D eigenvalue weighted by atomic mass is 10.2. The van der Waals surface area contributed by atoms with Gasteiger partial charge in [-0.25, -0.2) is 4.98 Å². The summed E-state index contributed by atoms with van der Waals surface area (Å²) in [6.07, 6.45) is 4.46. The zero-order valence-electron chi connectivity index (χ0n) is 15.2. The second-order valence-corrected chi connectivity index (χ2v) is 7.86. The van der Waals surface area contributed by atoms with Gasteiger partial charge in [-0.15, -0.1) is 0 Å². The zero-order valence-corrected chi connectivity index (χ0v) is 16.0. The third-order valence-electron chi connectivity index (χ3n) is 4.82. The fraction of sp³-hybridized carbons (Fsp3) is 0.350. The lowest BCUT2D eigenvalue weighted by molar-refractivity contribution is -0.119. The SMILES string of the molecule is Cc1cc2nc(SCC(=O)NC3CCCC3)n(-c3ccccc3)c(=O)c2[nH]1. The Hall–Kier alpha value is -2.54. The molecule has 1 saturated carbocycles. The summed E-state index contributed by atoms with van der Waals surface area (Å²) in [5.41, 5.74) is 2.58. The smallest absolute Gasteiger partial charge is 0.283 e. The van der Waals surface area contributed by atoms with Crippen LogP contribution in [0.4, 0.5) is 0 Å². The molecule has 140 valence electrons. The molecule has 0 spiro atoms. The first kappa shape index (κ1) is 17.9. The maximum atomic E-state index is 13.1. The lowest BCUT2D eigenvalue weighted by Crippen LogP contribution is -2.34. The van der Waals surface area contributed by atoms with E-state index in [0.717, 1.165) is 24.2 Å². The molecule has 2 N–H and O–H groups in total. The maximum absolute atomic E-state index is 13.1. The van der Waals surface area contributed by atoms with Crippen LogP contribution in [0.3, 0.4) is 0 Å². The molecule has 27 heavy (non-hydrogen) atoms. The van der Waals surface area contributed by atoms with Gasteiger partial charge < -0.3 is 10.3 Å². The minimum absolute atomic E-state index is 0.00823. The lowest BCUT2D eigenvalue weighted by Gasteiger charge is -2.14. The van der Waals surface area contributed by atoms with E-state index in [2.05, 4.69) is 15.3 Å². The van der Waals surface area contributed by atoms with Crippen molar-refractivity contribution in [2.24, 2.45) is 0 Å². The highest BCUT2D eigenvalue weighted by Gasteiger charge is 2.19. The molecule has 7 heteroatoms. The van der Waals surface area contributed by atoms with Crippen molar-refractivity contribution in [2.45, 2.75) is 43.8 Å². The number of nitrogens with one attached hydrogen (secondary N) is 2.